The van der Waals surface area contributed by atoms with Crippen molar-refractivity contribution in [1.82, 2.24) is 15.6 Å². The molecular formula is C21H33N3O3S. The van der Waals surface area contributed by atoms with Crippen molar-refractivity contribution in [3.8, 4) is 0 Å². The SMILES string of the molecule is CC(C)(C)OC(=O)NC1(CNC(=O)CSCc2cccnc2)CCCCCC1. The van der Waals surface area contributed by atoms with Crippen molar-refractivity contribution in [3.05, 3.63) is 30.1 Å². The predicted molar refractivity (Wildman–Crippen MR) is 113 cm³/mol. The lowest BCUT2D eigenvalue weighted by atomic mass is 9.90. The number of amides is 2. The molecule has 1 saturated carbocycles. The molecule has 2 N–H and O–H groups in total. The molecule has 28 heavy (non-hydrogen) atoms. The lowest BCUT2D eigenvalue weighted by Crippen LogP contribution is -2.56. The highest BCUT2D eigenvalue weighted by molar-refractivity contribution is 7.99. The van der Waals surface area contributed by atoms with E-state index in [9.17, 15) is 9.59 Å². The van der Waals surface area contributed by atoms with E-state index < -0.39 is 17.2 Å². The van der Waals surface area contributed by atoms with E-state index in [-0.39, 0.29) is 5.91 Å². The molecule has 0 aromatic carbocycles. The number of carbonyl (C=O) groups excluding carboxylic acids is 2. The molecule has 6 nitrogen and oxygen atoms in total. The maximum Gasteiger partial charge on any atom is 0.408 e. The molecule has 2 amide bonds. The summed E-state index contributed by atoms with van der Waals surface area (Å²) in [6, 6.07) is 3.90. The van der Waals surface area contributed by atoms with E-state index in [0.29, 0.717) is 12.3 Å². The zero-order valence-electron chi connectivity index (χ0n) is 17.3. The van der Waals surface area contributed by atoms with E-state index in [4.69, 9.17) is 4.74 Å². The molecule has 1 aliphatic rings. The molecule has 0 radical (unpaired) electrons. The Morgan fingerprint density at radius 3 is 2.54 bits per heavy atom. The number of pyridine rings is 1. The number of hydrogen-bond donors (Lipinski definition) is 2. The van der Waals surface area contributed by atoms with Gasteiger partial charge >= 0.3 is 6.09 Å². The summed E-state index contributed by atoms with van der Waals surface area (Å²) < 4.78 is 5.45. The summed E-state index contributed by atoms with van der Waals surface area (Å²) in [5, 5.41) is 6.11. The zero-order chi connectivity index (χ0) is 20.5. The Kier molecular flexibility index (Phi) is 8.60. The minimum absolute atomic E-state index is 0.0106. The van der Waals surface area contributed by atoms with Gasteiger partial charge in [0.05, 0.1) is 11.3 Å². The van der Waals surface area contributed by atoms with Gasteiger partial charge in [-0.25, -0.2) is 4.79 Å². The Morgan fingerprint density at radius 1 is 1.21 bits per heavy atom. The number of ether oxygens (including phenoxy) is 1. The van der Waals surface area contributed by atoms with Crippen LogP contribution in [0.1, 0.15) is 64.9 Å². The van der Waals surface area contributed by atoms with Crippen LogP contribution in [0.3, 0.4) is 0 Å². The standard InChI is InChI=1S/C21H33N3O3S/c1-20(2,3)27-19(26)24-21(10-6-4-5-7-11-21)16-23-18(25)15-28-14-17-9-8-12-22-13-17/h8-9,12-13H,4-7,10-11,14-16H2,1-3H3,(H,23,25)(H,24,26). The van der Waals surface area contributed by atoms with E-state index in [2.05, 4.69) is 15.6 Å². The highest BCUT2D eigenvalue weighted by Crippen LogP contribution is 2.27. The second kappa shape index (κ2) is 10.7. The van der Waals surface area contributed by atoms with E-state index >= 15 is 0 Å². The van der Waals surface area contributed by atoms with Gasteiger partial charge in [0.25, 0.3) is 0 Å². The first kappa shape index (κ1) is 22.5. The molecular weight excluding hydrogens is 374 g/mol. The molecule has 1 heterocycles. The van der Waals surface area contributed by atoms with Crippen molar-refractivity contribution in [2.75, 3.05) is 12.3 Å². The van der Waals surface area contributed by atoms with Gasteiger partial charge in [0.1, 0.15) is 5.60 Å². The number of nitrogens with zero attached hydrogens (tertiary/aromatic N) is 1. The van der Waals surface area contributed by atoms with Crippen LogP contribution in [0.15, 0.2) is 24.5 Å². The third kappa shape index (κ3) is 8.50. The second-order valence-corrected chi connectivity index (χ2v) is 9.44. The predicted octanol–water partition coefficient (Wildman–Crippen LogP) is 4.05. The van der Waals surface area contributed by atoms with Gasteiger partial charge in [-0.05, 0) is 45.2 Å². The first-order chi connectivity index (χ1) is 13.3. The summed E-state index contributed by atoms with van der Waals surface area (Å²) >= 11 is 1.56. The molecule has 0 saturated heterocycles. The molecule has 1 aliphatic carbocycles. The highest BCUT2D eigenvalue weighted by Gasteiger charge is 2.34. The smallest absolute Gasteiger partial charge is 0.408 e. The van der Waals surface area contributed by atoms with Crippen LogP contribution in [0.5, 0.6) is 0 Å². The van der Waals surface area contributed by atoms with Gasteiger partial charge in [0.2, 0.25) is 5.91 Å². The number of rotatable bonds is 7. The van der Waals surface area contributed by atoms with E-state index in [1.807, 2.05) is 39.1 Å². The van der Waals surface area contributed by atoms with Crippen molar-refractivity contribution in [2.45, 2.75) is 76.2 Å². The van der Waals surface area contributed by atoms with Gasteiger partial charge < -0.3 is 15.4 Å². The van der Waals surface area contributed by atoms with Crippen molar-refractivity contribution >= 4 is 23.8 Å². The van der Waals surface area contributed by atoms with Gasteiger partial charge in [0, 0.05) is 24.7 Å². The Labute approximate surface area is 172 Å². The average molecular weight is 408 g/mol. The highest BCUT2D eigenvalue weighted by atomic mass is 32.2. The fourth-order valence-corrected chi connectivity index (χ4v) is 4.13. The quantitative estimate of drug-likeness (QED) is 0.667. The molecule has 1 fully saturated rings. The third-order valence-electron chi connectivity index (χ3n) is 4.68. The molecule has 0 unspecified atom stereocenters. The lowest BCUT2D eigenvalue weighted by molar-refractivity contribution is -0.118. The van der Waals surface area contributed by atoms with Gasteiger partial charge in [-0.2, -0.15) is 0 Å². The van der Waals surface area contributed by atoms with E-state index in [1.54, 1.807) is 18.0 Å². The molecule has 7 heteroatoms. The number of carbonyl (C=O) groups is 2. The Balaban J connectivity index is 1.85. The normalized spacial score (nSPS) is 16.7. The maximum atomic E-state index is 12.4. The summed E-state index contributed by atoms with van der Waals surface area (Å²) in [6.45, 7) is 6.01. The summed E-state index contributed by atoms with van der Waals surface area (Å²) in [7, 11) is 0. The summed E-state index contributed by atoms with van der Waals surface area (Å²) in [5.41, 5.74) is 0.136. The molecule has 0 aliphatic heterocycles. The molecule has 0 spiro atoms. The van der Waals surface area contributed by atoms with Crippen LogP contribution in [0, 0.1) is 0 Å². The Hall–Kier alpha value is -1.76. The van der Waals surface area contributed by atoms with Crippen LogP contribution in [-0.2, 0) is 15.3 Å². The fourth-order valence-electron chi connectivity index (χ4n) is 3.34. The monoisotopic (exact) mass is 407 g/mol. The fraction of sp³-hybridized carbons (Fsp3) is 0.667. The zero-order valence-corrected chi connectivity index (χ0v) is 18.1. The van der Waals surface area contributed by atoms with E-state index in [0.717, 1.165) is 49.8 Å². The molecule has 156 valence electrons. The van der Waals surface area contributed by atoms with Crippen molar-refractivity contribution in [3.63, 3.8) is 0 Å². The first-order valence-electron chi connectivity index (χ1n) is 10.0. The number of hydrogen-bond acceptors (Lipinski definition) is 5. The van der Waals surface area contributed by atoms with Gasteiger partial charge in [-0.15, -0.1) is 11.8 Å². The van der Waals surface area contributed by atoms with Crippen LogP contribution in [0.25, 0.3) is 0 Å². The molecule has 1 aromatic heterocycles. The lowest BCUT2D eigenvalue weighted by Gasteiger charge is -2.35. The van der Waals surface area contributed by atoms with Gasteiger partial charge in [-0.1, -0.05) is 31.7 Å². The topological polar surface area (TPSA) is 80.3 Å². The average Bonchev–Trinajstić information content (AvgIpc) is 2.85. The minimum Gasteiger partial charge on any atom is -0.444 e. The molecule has 1 aromatic rings. The number of aromatic nitrogens is 1. The van der Waals surface area contributed by atoms with Crippen LogP contribution in [0.2, 0.25) is 0 Å². The van der Waals surface area contributed by atoms with Crippen LogP contribution >= 0.6 is 11.8 Å². The Morgan fingerprint density at radius 2 is 1.93 bits per heavy atom. The van der Waals surface area contributed by atoms with Gasteiger partial charge in [0.15, 0.2) is 0 Å². The van der Waals surface area contributed by atoms with Crippen molar-refractivity contribution in [1.29, 1.82) is 0 Å². The number of nitrogens with one attached hydrogen (secondary N) is 2. The first-order valence-corrected chi connectivity index (χ1v) is 11.2. The summed E-state index contributed by atoms with van der Waals surface area (Å²) in [5.74, 6) is 1.13. The number of alkyl carbamates (subject to hydrolysis) is 1. The second-order valence-electron chi connectivity index (χ2n) is 8.45. The van der Waals surface area contributed by atoms with E-state index in [1.165, 1.54) is 0 Å². The van der Waals surface area contributed by atoms with Crippen LogP contribution in [0.4, 0.5) is 4.79 Å². The minimum atomic E-state index is -0.539. The van der Waals surface area contributed by atoms with Crippen LogP contribution in [-0.4, -0.2) is 40.4 Å². The van der Waals surface area contributed by atoms with Crippen LogP contribution < -0.4 is 10.6 Å². The molecule has 2 rings (SSSR count). The maximum absolute atomic E-state index is 12.4. The molecule has 0 atom stereocenters. The largest absolute Gasteiger partial charge is 0.444 e. The third-order valence-corrected chi connectivity index (χ3v) is 5.68. The van der Waals surface area contributed by atoms with Gasteiger partial charge in [-0.3, -0.25) is 9.78 Å². The Bertz CT molecular complexity index is 624. The van der Waals surface area contributed by atoms with Crippen molar-refractivity contribution < 1.29 is 14.3 Å². The van der Waals surface area contributed by atoms with Crippen molar-refractivity contribution in [2.24, 2.45) is 0 Å². The summed E-state index contributed by atoms with van der Waals surface area (Å²) in [6.07, 6.45) is 9.27. The molecule has 0 bridgehead atoms. The summed E-state index contributed by atoms with van der Waals surface area (Å²) in [4.78, 5) is 28.8. The number of thioether (sulfide) groups is 1.